The summed E-state index contributed by atoms with van der Waals surface area (Å²) < 4.78 is 6.17. The van der Waals surface area contributed by atoms with Gasteiger partial charge in [0, 0.05) is 31.2 Å². The number of carbonyl (C=O) groups excluding carboxylic acids is 2. The van der Waals surface area contributed by atoms with Crippen molar-refractivity contribution in [3.63, 3.8) is 0 Å². The van der Waals surface area contributed by atoms with E-state index in [0.717, 1.165) is 24.2 Å². The third kappa shape index (κ3) is 2.87. The summed E-state index contributed by atoms with van der Waals surface area (Å²) in [6.07, 6.45) is 2.81. The van der Waals surface area contributed by atoms with Crippen LogP contribution in [0.3, 0.4) is 0 Å². The second-order valence-corrected chi connectivity index (χ2v) is 11.0. The predicted molar refractivity (Wildman–Crippen MR) is 120 cm³/mol. The molecule has 8 heteroatoms. The van der Waals surface area contributed by atoms with Crippen molar-refractivity contribution in [3.05, 3.63) is 23.3 Å². The highest BCUT2D eigenvalue weighted by molar-refractivity contribution is 6.06. The summed E-state index contributed by atoms with van der Waals surface area (Å²) in [6, 6.07) is 3.37. The smallest absolute Gasteiger partial charge is 0.230 e. The summed E-state index contributed by atoms with van der Waals surface area (Å²) in [6.45, 7) is 2.84. The van der Waals surface area contributed by atoms with Gasteiger partial charge in [0.1, 0.15) is 5.92 Å². The number of rotatable bonds is 6. The van der Waals surface area contributed by atoms with E-state index in [-0.39, 0.29) is 29.9 Å². The number of Topliss-reactive ketones (excluding diaryl/α,β-unsaturated/α-hetero) is 1. The number of piperidine rings is 1. The first-order chi connectivity index (χ1) is 15.8. The van der Waals surface area contributed by atoms with Crippen LogP contribution >= 0.6 is 0 Å². The second-order valence-electron chi connectivity index (χ2n) is 11.0. The number of ketones is 1. The van der Waals surface area contributed by atoms with Crippen LogP contribution in [0, 0.1) is 11.8 Å². The fourth-order valence-corrected chi connectivity index (χ4v) is 7.05. The number of likely N-dealkylation sites (tertiary alicyclic amines) is 1. The van der Waals surface area contributed by atoms with E-state index in [9.17, 15) is 19.8 Å². The number of likely N-dealkylation sites (N-methyl/N-ethyl adjacent to an activating group) is 1. The summed E-state index contributed by atoms with van der Waals surface area (Å²) in [5.74, 6) is -0.584. The minimum absolute atomic E-state index is 0.00137. The predicted octanol–water partition coefficient (Wildman–Crippen LogP) is 0.429. The zero-order chi connectivity index (χ0) is 23.1. The Labute approximate surface area is 193 Å². The van der Waals surface area contributed by atoms with Crippen LogP contribution in [0.15, 0.2) is 12.1 Å². The molecular weight excluding hydrogens is 422 g/mol. The number of nitrogens with zero attached hydrogens (tertiary/aromatic N) is 2. The number of benzene rings is 1. The largest absolute Gasteiger partial charge is 0.504 e. The lowest BCUT2D eigenvalue weighted by Crippen LogP contribution is -2.78. The van der Waals surface area contributed by atoms with Crippen molar-refractivity contribution in [1.82, 2.24) is 15.1 Å². The minimum Gasteiger partial charge on any atom is -0.504 e. The molecule has 2 saturated carbocycles. The monoisotopic (exact) mass is 455 g/mol. The standard InChI is InChI=1S/C25H33N3O5/c1-27(2)10-8-26-23(31)16-12-25(32)18-11-15-5-6-17(29)21-19(15)24(25,22(33-21)20(16)30)7-9-28(18)13-14-3-4-14/h5-6,14,16,18,22,29,32H,3-4,7-13H2,1-2H3,(H,26,31)/t16?,18-,22+,24+,25-/m1/s1. The Balaban J connectivity index is 1.42. The molecule has 2 heterocycles. The van der Waals surface area contributed by atoms with E-state index in [1.165, 1.54) is 12.8 Å². The summed E-state index contributed by atoms with van der Waals surface area (Å²) in [5, 5.41) is 26.0. The third-order valence-corrected chi connectivity index (χ3v) is 8.81. The lowest BCUT2D eigenvalue weighted by atomic mass is 9.47. The summed E-state index contributed by atoms with van der Waals surface area (Å²) >= 11 is 0. The maximum absolute atomic E-state index is 13.7. The number of hydrogen-bond donors (Lipinski definition) is 3. The van der Waals surface area contributed by atoms with E-state index >= 15 is 0 Å². The molecule has 0 radical (unpaired) electrons. The molecule has 3 aliphatic carbocycles. The van der Waals surface area contributed by atoms with Gasteiger partial charge in [-0.2, -0.15) is 0 Å². The van der Waals surface area contributed by atoms with Crippen molar-refractivity contribution in [2.45, 2.75) is 55.3 Å². The molecular formula is C25H33N3O5. The van der Waals surface area contributed by atoms with Crippen molar-refractivity contribution in [2.24, 2.45) is 11.8 Å². The van der Waals surface area contributed by atoms with E-state index in [0.29, 0.717) is 37.6 Å². The molecule has 1 aromatic carbocycles. The van der Waals surface area contributed by atoms with Gasteiger partial charge >= 0.3 is 0 Å². The second kappa shape index (κ2) is 7.17. The van der Waals surface area contributed by atoms with Crippen molar-refractivity contribution >= 4 is 11.7 Å². The van der Waals surface area contributed by atoms with Crippen molar-refractivity contribution in [1.29, 1.82) is 0 Å². The highest BCUT2D eigenvalue weighted by Gasteiger charge is 2.75. The lowest BCUT2D eigenvalue weighted by Gasteiger charge is -2.63. The highest BCUT2D eigenvalue weighted by atomic mass is 16.5. The van der Waals surface area contributed by atoms with Crippen LogP contribution in [-0.2, 0) is 21.4 Å². The molecule has 2 aliphatic heterocycles. The van der Waals surface area contributed by atoms with Crippen molar-refractivity contribution < 1.29 is 24.5 Å². The van der Waals surface area contributed by atoms with Gasteiger partial charge in [0.25, 0.3) is 0 Å². The first kappa shape index (κ1) is 21.4. The van der Waals surface area contributed by atoms with Gasteiger partial charge in [-0.3, -0.25) is 14.5 Å². The van der Waals surface area contributed by atoms with Gasteiger partial charge in [-0.05, 0) is 70.3 Å². The Morgan fingerprint density at radius 1 is 1.33 bits per heavy atom. The molecule has 1 amide bonds. The quantitative estimate of drug-likeness (QED) is 0.535. The van der Waals surface area contributed by atoms with Crippen molar-refractivity contribution in [2.75, 3.05) is 40.3 Å². The third-order valence-electron chi connectivity index (χ3n) is 8.81. The molecule has 6 rings (SSSR count). The number of phenolic OH excluding ortho intramolecular Hbond substituents is 1. The van der Waals surface area contributed by atoms with Crippen LogP contribution in [0.1, 0.15) is 36.8 Å². The van der Waals surface area contributed by atoms with Gasteiger partial charge in [0.15, 0.2) is 23.4 Å². The van der Waals surface area contributed by atoms with E-state index < -0.39 is 23.0 Å². The zero-order valence-electron chi connectivity index (χ0n) is 19.3. The van der Waals surface area contributed by atoms with E-state index in [4.69, 9.17) is 4.74 Å². The number of ether oxygens (including phenoxy) is 1. The lowest BCUT2D eigenvalue weighted by molar-refractivity contribution is -0.198. The van der Waals surface area contributed by atoms with E-state index in [1.54, 1.807) is 6.07 Å². The van der Waals surface area contributed by atoms with Gasteiger partial charge in [-0.1, -0.05) is 6.07 Å². The number of amides is 1. The molecule has 0 aromatic heterocycles. The molecule has 8 nitrogen and oxygen atoms in total. The fraction of sp³-hybridized carbons (Fsp3) is 0.680. The molecule has 5 atom stereocenters. The molecule has 5 aliphatic rings. The van der Waals surface area contributed by atoms with Crippen LogP contribution in [0.25, 0.3) is 0 Å². The number of carbonyl (C=O) groups is 2. The topological polar surface area (TPSA) is 102 Å². The maximum Gasteiger partial charge on any atom is 0.230 e. The Morgan fingerprint density at radius 3 is 2.85 bits per heavy atom. The van der Waals surface area contributed by atoms with E-state index in [2.05, 4.69) is 10.2 Å². The number of nitrogens with one attached hydrogen (secondary N) is 1. The zero-order valence-corrected chi connectivity index (χ0v) is 19.3. The summed E-state index contributed by atoms with van der Waals surface area (Å²) in [4.78, 5) is 31.2. The van der Waals surface area contributed by atoms with Gasteiger partial charge in [-0.15, -0.1) is 0 Å². The Morgan fingerprint density at radius 2 is 2.12 bits per heavy atom. The number of aliphatic hydroxyl groups is 1. The van der Waals surface area contributed by atoms with Gasteiger partial charge < -0.3 is 25.2 Å². The molecule has 1 aromatic rings. The molecule has 1 spiro atoms. The summed E-state index contributed by atoms with van der Waals surface area (Å²) in [7, 11) is 3.85. The fourth-order valence-electron chi connectivity index (χ4n) is 7.05. The average molecular weight is 456 g/mol. The highest BCUT2D eigenvalue weighted by Crippen LogP contribution is 2.65. The van der Waals surface area contributed by atoms with Gasteiger partial charge in [-0.25, -0.2) is 0 Å². The molecule has 3 fully saturated rings. The van der Waals surface area contributed by atoms with Crippen LogP contribution in [0.2, 0.25) is 0 Å². The Hall–Kier alpha value is -2.16. The Kier molecular flexibility index (Phi) is 4.64. The SMILES string of the molecule is CN(C)CCNC(=O)C1C[C@@]2(O)[C@H]3Cc4ccc(O)c5c4[C@@]2(CCN3CC2CC2)[C@@H](O5)C1=O. The van der Waals surface area contributed by atoms with Crippen LogP contribution in [0.5, 0.6) is 11.5 Å². The number of aromatic hydroxyl groups is 1. The number of hydrogen-bond acceptors (Lipinski definition) is 7. The molecule has 3 N–H and O–H groups in total. The molecule has 1 unspecified atom stereocenters. The summed E-state index contributed by atoms with van der Waals surface area (Å²) in [5.41, 5.74) is -0.329. The maximum atomic E-state index is 13.7. The molecule has 1 saturated heterocycles. The van der Waals surface area contributed by atoms with Crippen molar-refractivity contribution in [3.8, 4) is 11.5 Å². The number of phenols is 1. The first-order valence-electron chi connectivity index (χ1n) is 12.2. The normalized spacial score (nSPS) is 36.5. The van der Waals surface area contributed by atoms with Crippen LogP contribution in [-0.4, -0.2) is 89.7 Å². The molecule has 33 heavy (non-hydrogen) atoms. The average Bonchev–Trinajstić information content (AvgIpc) is 3.50. The minimum atomic E-state index is -1.27. The van der Waals surface area contributed by atoms with Crippen LogP contribution in [0.4, 0.5) is 0 Å². The van der Waals surface area contributed by atoms with Crippen LogP contribution < -0.4 is 10.1 Å². The first-order valence-corrected chi connectivity index (χ1v) is 12.2. The van der Waals surface area contributed by atoms with Gasteiger partial charge in [0.2, 0.25) is 5.91 Å². The van der Waals surface area contributed by atoms with E-state index in [1.807, 2.05) is 25.1 Å². The molecule has 178 valence electrons. The Bertz CT molecular complexity index is 1020. The van der Waals surface area contributed by atoms with Gasteiger partial charge in [0.05, 0.1) is 11.0 Å². The molecule has 2 bridgehead atoms.